The predicted octanol–water partition coefficient (Wildman–Crippen LogP) is 1.89. The van der Waals surface area contributed by atoms with Gasteiger partial charge in [-0.15, -0.1) is 0 Å². The first-order valence-corrected chi connectivity index (χ1v) is 15.6. The van der Waals surface area contributed by atoms with Crippen molar-refractivity contribution >= 4 is 3.21 Å². The van der Waals surface area contributed by atoms with E-state index in [2.05, 4.69) is 128 Å². The zero-order valence-electron chi connectivity index (χ0n) is 19.6. The first kappa shape index (κ1) is 25.1. The number of allylic oxidation sites excluding steroid dienone is 4. The molecule has 0 bridgehead atoms. The van der Waals surface area contributed by atoms with Crippen LogP contribution in [0, 0.1) is 0 Å². The van der Waals surface area contributed by atoms with Crippen LogP contribution in [0.3, 0.4) is 0 Å². The van der Waals surface area contributed by atoms with E-state index in [9.17, 15) is 0 Å². The number of hydrogen-bond acceptors (Lipinski definition) is 0. The van der Waals surface area contributed by atoms with Gasteiger partial charge in [0, 0.05) is 0 Å². The van der Waals surface area contributed by atoms with Gasteiger partial charge in [-0.3, -0.25) is 0 Å². The fourth-order valence-corrected chi connectivity index (χ4v) is 14.8. The Morgan fingerprint density at radius 3 is 1.54 bits per heavy atom. The van der Waals surface area contributed by atoms with Gasteiger partial charge in [0.1, 0.15) is 0 Å². The van der Waals surface area contributed by atoms with Crippen molar-refractivity contribution < 1.29 is 30.7 Å². The van der Waals surface area contributed by atoms with Crippen molar-refractivity contribution in [3.63, 3.8) is 0 Å². The molecule has 0 atom stereocenters. The number of fused-ring (bicyclic) bond motifs is 3. The van der Waals surface area contributed by atoms with Crippen LogP contribution in [-0.4, -0.2) is 3.21 Å². The third-order valence-electron chi connectivity index (χ3n) is 6.91. The molecule has 0 N–H and O–H groups in total. The number of halogens is 2. The minimum absolute atomic E-state index is 0. The zero-order valence-corrected chi connectivity index (χ0v) is 22.0. The van der Waals surface area contributed by atoms with Gasteiger partial charge in [-0.05, 0) is 0 Å². The van der Waals surface area contributed by atoms with E-state index in [0.717, 1.165) is 6.42 Å². The largest absolute Gasteiger partial charge is 1.00 e. The van der Waals surface area contributed by atoms with Gasteiger partial charge in [-0.25, -0.2) is 0 Å². The summed E-state index contributed by atoms with van der Waals surface area (Å²) in [4.78, 5) is 0. The Morgan fingerprint density at radius 1 is 0.629 bits per heavy atom. The Labute approximate surface area is 213 Å². The van der Waals surface area contributed by atoms with E-state index in [-0.39, 0.29) is 9.41 Å². The third-order valence-corrected chi connectivity index (χ3v) is 15.2. The average Bonchev–Trinajstić information content (AvgIpc) is 3.45. The molecule has 0 aliphatic heterocycles. The van der Waals surface area contributed by atoms with Crippen LogP contribution in [0.25, 0.3) is 11.1 Å². The van der Waals surface area contributed by atoms with Gasteiger partial charge in [-0.2, -0.15) is 0 Å². The van der Waals surface area contributed by atoms with Crippen molar-refractivity contribution in [2.24, 2.45) is 0 Å². The summed E-state index contributed by atoms with van der Waals surface area (Å²) >= 11 is -2.51. The van der Waals surface area contributed by atoms with Gasteiger partial charge < -0.3 is 9.41 Å². The van der Waals surface area contributed by atoms with E-state index in [1.54, 1.807) is 6.49 Å². The SMILES string of the molecule is CC1=CC[C]([Zr+2](=[C](c2ccccc2)c2ccccc2)[CH]2c3ccccc3-c3ccccc32)=C1.[F-].[F-]. The van der Waals surface area contributed by atoms with Gasteiger partial charge in [0.25, 0.3) is 0 Å². The zero-order chi connectivity index (χ0) is 22.2. The fraction of sp³-hybridized carbons (Fsp3) is 0.0938. The molecule has 4 aromatic carbocycles. The van der Waals surface area contributed by atoms with E-state index >= 15 is 0 Å². The second kappa shape index (κ2) is 10.7. The smallest absolute Gasteiger partial charge is 1.00 e. The molecule has 6 rings (SSSR count). The maximum atomic E-state index is 2.52. The van der Waals surface area contributed by atoms with Crippen molar-refractivity contribution in [1.82, 2.24) is 0 Å². The second-order valence-corrected chi connectivity index (χ2v) is 15.2. The van der Waals surface area contributed by atoms with Crippen molar-refractivity contribution in [3.05, 3.63) is 152 Å². The van der Waals surface area contributed by atoms with Crippen LogP contribution in [0.2, 0.25) is 0 Å². The van der Waals surface area contributed by atoms with E-state index in [4.69, 9.17) is 0 Å². The maximum Gasteiger partial charge on any atom is -1.00 e. The third kappa shape index (κ3) is 4.50. The Balaban J connectivity index is 0.00000144. The minimum atomic E-state index is -2.51. The molecule has 0 spiro atoms. The number of rotatable bonds is 4. The summed E-state index contributed by atoms with van der Waals surface area (Å²) in [6.45, 7) is 2.26. The molecule has 0 saturated heterocycles. The van der Waals surface area contributed by atoms with E-state index < -0.39 is 21.3 Å². The Hall–Kier alpha value is -3.03. The molecule has 0 fully saturated rings. The predicted molar refractivity (Wildman–Crippen MR) is 136 cm³/mol. The molecule has 172 valence electrons. The molecule has 0 amide bonds. The molecule has 4 aromatic rings. The first-order valence-electron chi connectivity index (χ1n) is 11.7. The molecule has 35 heavy (non-hydrogen) atoms. The Morgan fingerprint density at radius 2 is 1.09 bits per heavy atom. The van der Waals surface area contributed by atoms with Crippen molar-refractivity contribution in [3.8, 4) is 11.1 Å². The molecular weight excluding hydrogens is 514 g/mol. The summed E-state index contributed by atoms with van der Waals surface area (Å²) in [6, 6.07) is 40.6. The van der Waals surface area contributed by atoms with Gasteiger partial charge in [0.05, 0.1) is 0 Å². The molecule has 2 aliphatic rings. The normalized spacial score (nSPS) is 13.3. The van der Waals surface area contributed by atoms with Gasteiger partial charge in [0.15, 0.2) is 0 Å². The molecule has 3 heteroatoms. The number of hydrogen-bond donors (Lipinski definition) is 0. The van der Waals surface area contributed by atoms with Crippen molar-refractivity contribution in [2.75, 3.05) is 0 Å². The monoisotopic (exact) mass is 538 g/mol. The number of benzene rings is 4. The van der Waals surface area contributed by atoms with E-state index in [1.807, 2.05) is 0 Å². The maximum absolute atomic E-state index is 2.52. The molecule has 0 saturated carbocycles. The van der Waals surface area contributed by atoms with E-state index in [0.29, 0.717) is 3.63 Å². The summed E-state index contributed by atoms with van der Waals surface area (Å²) in [5.41, 5.74) is 10.1. The molecule has 0 aromatic heterocycles. The van der Waals surface area contributed by atoms with Crippen molar-refractivity contribution in [1.29, 1.82) is 0 Å². The second-order valence-electron chi connectivity index (χ2n) is 8.95. The van der Waals surface area contributed by atoms with Gasteiger partial charge in [0.2, 0.25) is 0 Å². The van der Waals surface area contributed by atoms with Crippen LogP contribution in [0.1, 0.15) is 39.2 Å². The van der Waals surface area contributed by atoms with Gasteiger partial charge >= 0.3 is 205 Å². The topological polar surface area (TPSA) is 0 Å². The Kier molecular flexibility index (Phi) is 7.67. The van der Waals surface area contributed by atoms with Crippen LogP contribution < -0.4 is 9.41 Å². The quantitative estimate of drug-likeness (QED) is 0.372. The molecule has 0 heterocycles. The molecule has 0 radical (unpaired) electrons. The van der Waals surface area contributed by atoms with Crippen molar-refractivity contribution in [2.45, 2.75) is 17.0 Å². The van der Waals surface area contributed by atoms with Crippen LogP contribution >= 0.6 is 0 Å². The first-order chi connectivity index (χ1) is 16.3. The van der Waals surface area contributed by atoms with Crippen LogP contribution in [0.5, 0.6) is 0 Å². The summed E-state index contributed by atoms with van der Waals surface area (Å²) in [5.74, 6) is 0. The Bertz CT molecular complexity index is 1350. The average molecular weight is 540 g/mol. The van der Waals surface area contributed by atoms with Gasteiger partial charge in [-0.1, -0.05) is 0 Å². The van der Waals surface area contributed by atoms with Crippen LogP contribution in [-0.2, 0) is 21.3 Å². The van der Waals surface area contributed by atoms with Crippen LogP contribution in [0.4, 0.5) is 0 Å². The fourth-order valence-electron chi connectivity index (χ4n) is 5.50. The molecular formula is C32H26F2Zr. The minimum Gasteiger partial charge on any atom is -1.00 e. The molecule has 0 unspecified atom stereocenters. The summed E-state index contributed by atoms with van der Waals surface area (Å²) in [6.07, 6.45) is 6.05. The molecule has 2 aliphatic carbocycles. The standard InChI is InChI=1S/C13H9.C13H10.C6H7.2FH.Zr/c1-3-7-12-10(5-1)9-11-6-2-4-8-13(11)12;1-3-7-12(8-4-1)11-13-9-5-2-6-10-13;1-6-4-2-3-5-6;;;/h1-9H;1-10H;4-5H,2H2,1H3;2*1H;/q;;;;;+2/p-2. The molecule has 0 nitrogen and oxygen atoms in total. The summed E-state index contributed by atoms with van der Waals surface area (Å²) in [7, 11) is 0. The van der Waals surface area contributed by atoms with E-state index in [1.165, 1.54) is 39.0 Å². The summed E-state index contributed by atoms with van der Waals surface area (Å²) in [5, 5.41) is 0. The summed E-state index contributed by atoms with van der Waals surface area (Å²) < 4.78 is 3.80. The van der Waals surface area contributed by atoms with Crippen LogP contribution in [0.15, 0.2) is 130 Å².